The third kappa shape index (κ3) is 4.13. The third-order valence-electron chi connectivity index (χ3n) is 4.11. The van der Waals surface area contributed by atoms with Crippen LogP contribution in [0.5, 0.6) is 0 Å². The van der Waals surface area contributed by atoms with E-state index in [0.29, 0.717) is 12.1 Å². The van der Waals surface area contributed by atoms with Crippen molar-refractivity contribution in [2.24, 2.45) is 0 Å². The monoisotopic (exact) mass is 346 g/mol. The quantitative estimate of drug-likeness (QED) is 0.390. The number of carbonyl (C=O) groups is 1. The van der Waals surface area contributed by atoms with Crippen molar-refractivity contribution in [2.45, 2.75) is 6.54 Å². The molecule has 0 bridgehead atoms. The summed E-state index contributed by atoms with van der Waals surface area (Å²) in [5.41, 5.74) is 1.67. The number of benzene rings is 3. The number of fused-ring (bicyclic) bond motifs is 1. The van der Waals surface area contributed by atoms with Crippen LogP contribution in [0, 0.1) is 10.1 Å². The summed E-state index contributed by atoms with van der Waals surface area (Å²) in [4.78, 5) is 24.3. The van der Waals surface area contributed by atoms with Gasteiger partial charge in [-0.3, -0.25) is 14.9 Å². The minimum Gasteiger partial charge on any atom is -0.338 e. The van der Waals surface area contributed by atoms with E-state index in [2.05, 4.69) is 12.1 Å². The third-order valence-corrected chi connectivity index (χ3v) is 4.11. The Morgan fingerprint density at radius 3 is 2.58 bits per heavy atom. The first kappa shape index (κ1) is 17.4. The first-order valence-electron chi connectivity index (χ1n) is 8.18. The predicted molar refractivity (Wildman–Crippen MR) is 103 cm³/mol. The van der Waals surface area contributed by atoms with Crippen molar-refractivity contribution >= 4 is 28.4 Å². The zero-order chi connectivity index (χ0) is 18.5. The van der Waals surface area contributed by atoms with Crippen molar-refractivity contribution in [3.8, 4) is 0 Å². The summed E-state index contributed by atoms with van der Waals surface area (Å²) in [6, 6.07) is 20.4. The molecule has 0 atom stereocenters. The van der Waals surface area contributed by atoms with Gasteiger partial charge in [-0.25, -0.2) is 0 Å². The Kier molecular flexibility index (Phi) is 5.08. The first-order valence-corrected chi connectivity index (χ1v) is 8.18. The molecule has 1 amide bonds. The molecule has 0 unspecified atom stereocenters. The molecule has 5 nitrogen and oxygen atoms in total. The Balaban J connectivity index is 1.68. The van der Waals surface area contributed by atoms with Crippen LogP contribution >= 0.6 is 0 Å². The van der Waals surface area contributed by atoms with Crippen molar-refractivity contribution in [1.82, 2.24) is 4.90 Å². The smallest absolute Gasteiger partial charge is 0.270 e. The fourth-order valence-corrected chi connectivity index (χ4v) is 2.73. The van der Waals surface area contributed by atoms with Crippen LogP contribution < -0.4 is 0 Å². The summed E-state index contributed by atoms with van der Waals surface area (Å²) in [5.74, 6) is -0.162. The van der Waals surface area contributed by atoms with E-state index in [1.54, 1.807) is 30.2 Å². The summed E-state index contributed by atoms with van der Waals surface area (Å²) in [6.45, 7) is 0.489. The number of nitro groups is 1. The minimum absolute atomic E-state index is 0.00381. The Morgan fingerprint density at radius 1 is 1.04 bits per heavy atom. The van der Waals surface area contributed by atoms with Gasteiger partial charge in [-0.1, -0.05) is 48.5 Å². The van der Waals surface area contributed by atoms with Crippen molar-refractivity contribution in [1.29, 1.82) is 0 Å². The first-order chi connectivity index (χ1) is 12.5. The summed E-state index contributed by atoms with van der Waals surface area (Å²) in [6.07, 6.45) is 3.02. The average Bonchev–Trinajstić information content (AvgIpc) is 2.66. The molecule has 0 radical (unpaired) electrons. The van der Waals surface area contributed by atoms with E-state index in [1.165, 1.54) is 18.2 Å². The zero-order valence-electron chi connectivity index (χ0n) is 14.3. The van der Waals surface area contributed by atoms with Gasteiger partial charge < -0.3 is 4.90 Å². The molecule has 3 aromatic rings. The number of hydrogen-bond acceptors (Lipinski definition) is 3. The topological polar surface area (TPSA) is 63.5 Å². The van der Waals surface area contributed by atoms with Gasteiger partial charge in [-0.2, -0.15) is 0 Å². The van der Waals surface area contributed by atoms with Crippen molar-refractivity contribution in [3.63, 3.8) is 0 Å². The normalized spacial score (nSPS) is 11.0. The van der Waals surface area contributed by atoms with E-state index >= 15 is 0 Å². The lowest BCUT2D eigenvalue weighted by Crippen LogP contribution is -2.24. The number of nitro benzene ring substituents is 1. The van der Waals surface area contributed by atoms with Crippen LogP contribution in [0.1, 0.15) is 11.1 Å². The molecule has 0 N–H and O–H groups in total. The zero-order valence-corrected chi connectivity index (χ0v) is 14.3. The lowest BCUT2D eigenvalue weighted by molar-refractivity contribution is -0.384. The molecule has 0 aliphatic heterocycles. The number of amides is 1. The number of hydrogen-bond donors (Lipinski definition) is 0. The number of non-ortho nitro benzene ring substituents is 1. The van der Waals surface area contributed by atoms with Gasteiger partial charge >= 0.3 is 0 Å². The molecular weight excluding hydrogens is 328 g/mol. The lowest BCUT2D eigenvalue weighted by atomic mass is 10.1. The minimum atomic E-state index is -0.453. The molecule has 130 valence electrons. The highest BCUT2D eigenvalue weighted by molar-refractivity contribution is 5.91. The average molecular weight is 346 g/mol. The molecule has 3 aromatic carbocycles. The van der Waals surface area contributed by atoms with Crippen LogP contribution in [-0.4, -0.2) is 22.8 Å². The van der Waals surface area contributed by atoms with Gasteiger partial charge in [0.2, 0.25) is 5.91 Å². The van der Waals surface area contributed by atoms with E-state index < -0.39 is 4.92 Å². The molecule has 26 heavy (non-hydrogen) atoms. The van der Waals surface area contributed by atoms with E-state index in [0.717, 1.165) is 16.3 Å². The SMILES string of the molecule is CN(Cc1ccc2ccccc2c1)C(=O)/C=C/c1cccc([N+](=O)[O-])c1. The maximum Gasteiger partial charge on any atom is 0.270 e. The van der Waals surface area contributed by atoms with Crippen molar-refractivity contribution < 1.29 is 9.72 Å². The Morgan fingerprint density at radius 2 is 1.81 bits per heavy atom. The Labute approximate surface area is 151 Å². The van der Waals surface area contributed by atoms with Gasteiger partial charge in [0, 0.05) is 31.8 Å². The van der Waals surface area contributed by atoms with Crippen molar-refractivity contribution in [3.05, 3.63) is 94.0 Å². The van der Waals surface area contributed by atoms with Gasteiger partial charge in [0.1, 0.15) is 0 Å². The van der Waals surface area contributed by atoms with Gasteiger partial charge in [0.15, 0.2) is 0 Å². The summed E-state index contributed by atoms with van der Waals surface area (Å²) in [5, 5.41) is 13.1. The standard InChI is InChI=1S/C21H18N2O3/c1-22(15-17-9-11-18-6-2-3-7-19(18)13-17)21(24)12-10-16-5-4-8-20(14-16)23(25)26/h2-14H,15H2,1H3/b12-10+. The highest BCUT2D eigenvalue weighted by Gasteiger charge is 2.08. The van der Waals surface area contributed by atoms with Crippen LogP contribution in [0.3, 0.4) is 0 Å². The molecular formula is C21H18N2O3. The molecule has 0 saturated carbocycles. The lowest BCUT2D eigenvalue weighted by Gasteiger charge is -2.15. The second kappa shape index (κ2) is 7.61. The van der Waals surface area contributed by atoms with Crippen LogP contribution in [-0.2, 0) is 11.3 Å². The van der Waals surface area contributed by atoms with Crippen LogP contribution in [0.2, 0.25) is 0 Å². The fraction of sp³-hybridized carbons (Fsp3) is 0.0952. The summed E-state index contributed by atoms with van der Waals surface area (Å²) >= 11 is 0. The highest BCUT2D eigenvalue weighted by Crippen LogP contribution is 2.17. The Bertz CT molecular complexity index is 995. The van der Waals surface area contributed by atoms with E-state index in [1.807, 2.05) is 30.3 Å². The molecule has 3 rings (SSSR count). The predicted octanol–water partition coefficient (Wildman–Crippen LogP) is 4.42. The molecule has 0 aliphatic carbocycles. The molecule has 0 heterocycles. The van der Waals surface area contributed by atoms with Crippen LogP contribution in [0.4, 0.5) is 5.69 Å². The molecule has 0 saturated heterocycles. The molecule has 0 aromatic heterocycles. The van der Waals surface area contributed by atoms with E-state index in [4.69, 9.17) is 0 Å². The second-order valence-electron chi connectivity index (χ2n) is 6.06. The number of rotatable bonds is 5. The largest absolute Gasteiger partial charge is 0.338 e. The maximum absolute atomic E-state index is 12.3. The van der Waals surface area contributed by atoms with E-state index in [9.17, 15) is 14.9 Å². The van der Waals surface area contributed by atoms with Gasteiger partial charge in [-0.05, 0) is 34.0 Å². The number of carbonyl (C=O) groups excluding carboxylic acids is 1. The highest BCUT2D eigenvalue weighted by atomic mass is 16.6. The van der Waals surface area contributed by atoms with Crippen LogP contribution in [0.25, 0.3) is 16.8 Å². The van der Waals surface area contributed by atoms with Gasteiger partial charge in [0.25, 0.3) is 5.69 Å². The molecule has 0 aliphatic rings. The van der Waals surface area contributed by atoms with Crippen LogP contribution in [0.15, 0.2) is 72.8 Å². The molecule has 5 heteroatoms. The van der Waals surface area contributed by atoms with Gasteiger partial charge in [0.05, 0.1) is 4.92 Å². The Hall–Kier alpha value is -3.47. The van der Waals surface area contributed by atoms with Crippen molar-refractivity contribution in [2.75, 3.05) is 7.05 Å². The number of nitrogens with zero attached hydrogens (tertiary/aromatic N) is 2. The molecule has 0 fully saturated rings. The second-order valence-corrected chi connectivity index (χ2v) is 6.06. The maximum atomic E-state index is 12.3. The molecule has 0 spiro atoms. The van der Waals surface area contributed by atoms with Gasteiger partial charge in [-0.15, -0.1) is 0 Å². The van der Waals surface area contributed by atoms with E-state index in [-0.39, 0.29) is 11.6 Å². The summed E-state index contributed by atoms with van der Waals surface area (Å²) < 4.78 is 0. The summed E-state index contributed by atoms with van der Waals surface area (Å²) in [7, 11) is 1.73. The fourth-order valence-electron chi connectivity index (χ4n) is 2.73. The number of likely N-dealkylation sites (N-methyl/N-ethyl adjacent to an activating group) is 1.